The van der Waals surface area contributed by atoms with Gasteiger partial charge in [-0.05, 0) is 35.4 Å². The number of nitrogens with zero attached hydrogens (tertiary/aromatic N) is 2. The van der Waals surface area contributed by atoms with Crippen molar-refractivity contribution in [2.45, 2.75) is 12.6 Å². The molecule has 2 heterocycles. The van der Waals surface area contributed by atoms with Crippen LogP contribution in [0.2, 0.25) is 0 Å². The maximum absolute atomic E-state index is 13.3. The van der Waals surface area contributed by atoms with Gasteiger partial charge in [-0.25, -0.2) is 13.8 Å². The number of carbonyl (C=O) groups is 1. The summed E-state index contributed by atoms with van der Waals surface area (Å²) in [4.78, 5) is 19.0. The molecule has 5 nitrogen and oxygen atoms in total. The van der Waals surface area contributed by atoms with Gasteiger partial charge in [0.05, 0.1) is 5.56 Å². The average molecular weight is 408 g/mol. The molecule has 1 atom stereocenters. The molecule has 154 valence electrons. The van der Waals surface area contributed by atoms with Crippen molar-refractivity contribution < 1.29 is 13.6 Å². The number of hydrogen-bond acceptors (Lipinski definition) is 4. The Kier molecular flexibility index (Phi) is 5.99. The van der Waals surface area contributed by atoms with E-state index in [9.17, 15) is 13.6 Å². The number of pyridine rings is 1. The molecule has 4 rings (SSSR count). The van der Waals surface area contributed by atoms with Gasteiger partial charge in [0.25, 0.3) is 5.91 Å². The molecule has 1 aliphatic rings. The Hall–Kier alpha value is -3.32. The van der Waals surface area contributed by atoms with Gasteiger partial charge >= 0.3 is 0 Å². The summed E-state index contributed by atoms with van der Waals surface area (Å²) in [6.07, 6.45) is 1.52. The standard InChI is InChI=1S/C23H22F2N4O/c24-19-10-16(11-20(25)12-19)13-28-23(30)18-6-7-22(27-14-18)29-9-8-26-21(15-29)17-4-2-1-3-5-17/h1-7,10-12,14,21,26H,8-9,13,15H2,(H,28,30)/t21-/m0/s1. The third-order valence-corrected chi connectivity index (χ3v) is 5.09. The van der Waals surface area contributed by atoms with Crippen LogP contribution in [0.15, 0.2) is 66.9 Å². The largest absolute Gasteiger partial charge is 0.353 e. The molecule has 0 unspecified atom stereocenters. The topological polar surface area (TPSA) is 57.3 Å². The molecular formula is C23H22F2N4O. The van der Waals surface area contributed by atoms with Crippen LogP contribution in [0.1, 0.15) is 27.5 Å². The zero-order chi connectivity index (χ0) is 20.9. The van der Waals surface area contributed by atoms with E-state index in [4.69, 9.17) is 0 Å². The van der Waals surface area contributed by atoms with E-state index in [0.717, 1.165) is 31.5 Å². The van der Waals surface area contributed by atoms with Crippen molar-refractivity contribution in [1.82, 2.24) is 15.6 Å². The third kappa shape index (κ3) is 4.80. The first-order valence-corrected chi connectivity index (χ1v) is 9.81. The van der Waals surface area contributed by atoms with Crippen molar-refractivity contribution in [2.75, 3.05) is 24.5 Å². The smallest absolute Gasteiger partial charge is 0.253 e. The lowest BCUT2D eigenvalue weighted by Crippen LogP contribution is -2.46. The van der Waals surface area contributed by atoms with Gasteiger partial charge in [-0.3, -0.25) is 4.79 Å². The fourth-order valence-electron chi connectivity index (χ4n) is 3.57. The number of aromatic nitrogens is 1. The number of anilines is 1. The molecule has 0 aliphatic carbocycles. The summed E-state index contributed by atoms with van der Waals surface area (Å²) >= 11 is 0. The maximum Gasteiger partial charge on any atom is 0.253 e. The van der Waals surface area contributed by atoms with Gasteiger partial charge in [-0.2, -0.15) is 0 Å². The van der Waals surface area contributed by atoms with Gasteiger partial charge in [0.1, 0.15) is 17.5 Å². The van der Waals surface area contributed by atoms with Gasteiger partial charge in [-0.1, -0.05) is 30.3 Å². The Balaban J connectivity index is 1.38. The second kappa shape index (κ2) is 9.00. The van der Waals surface area contributed by atoms with Crippen LogP contribution in [0.5, 0.6) is 0 Å². The van der Waals surface area contributed by atoms with Crippen LogP contribution in [0.25, 0.3) is 0 Å². The zero-order valence-corrected chi connectivity index (χ0v) is 16.3. The first-order valence-electron chi connectivity index (χ1n) is 9.81. The van der Waals surface area contributed by atoms with Crippen LogP contribution in [0.4, 0.5) is 14.6 Å². The molecule has 0 radical (unpaired) electrons. The Labute approximate surface area is 173 Å². The molecule has 3 aromatic rings. The number of carbonyl (C=O) groups excluding carboxylic acids is 1. The lowest BCUT2D eigenvalue weighted by molar-refractivity contribution is 0.0950. The molecular weight excluding hydrogens is 386 g/mol. The SMILES string of the molecule is O=C(NCc1cc(F)cc(F)c1)c1ccc(N2CCN[C@H](c3ccccc3)C2)nc1. The zero-order valence-electron chi connectivity index (χ0n) is 16.3. The van der Waals surface area contributed by atoms with Crippen molar-refractivity contribution in [1.29, 1.82) is 0 Å². The Morgan fingerprint density at radius 3 is 2.57 bits per heavy atom. The van der Waals surface area contributed by atoms with Crippen molar-refractivity contribution in [2.24, 2.45) is 0 Å². The molecule has 1 amide bonds. The second-order valence-corrected chi connectivity index (χ2v) is 7.23. The molecule has 1 fully saturated rings. The number of rotatable bonds is 5. The van der Waals surface area contributed by atoms with Crippen molar-refractivity contribution >= 4 is 11.7 Å². The number of amides is 1. The van der Waals surface area contributed by atoms with E-state index >= 15 is 0 Å². The molecule has 0 saturated carbocycles. The Morgan fingerprint density at radius 2 is 1.87 bits per heavy atom. The van der Waals surface area contributed by atoms with E-state index in [1.165, 1.54) is 23.9 Å². The number of nitrogens with one attached hydrogen (secondary N) is 2. The molecule has 0 spiro atoms. The number of halogens is 2. The molecule has 7 heteroatoms. The minimum Gasteiger partial charge on any atom is -0.353 e. The molecule has 1 saturated heterocycles. The van der Waals surface area contributed by atoms with Crippen molar-refractivity contribution in [3.05, 3.63) is 95.2 Å². The Bertz CT molecular complexity index is 991. The molecule has 1 aromatic heterocycles. The summed E-state index contributed by atoms with van der Waals surface area (Å²) in [6.45, 7) is 2.49. The molecule has 2 aromatic carbocycles. The van der Waals surface area contributed by atoms with Crippen molar-refractivity contribution in [3.63, 3.8) is 0 Å². The predicted molar refractivity (Wildman–Crippen MR) is 111 cm³/mol. The van der Waals surface area contributed by atoms with E-state index < -0.39 is 11.6 Å². The van der Waals surface area contributed by atoms with Crippen molar-refractivity contribution in [3.8, 4) is 0 Å². The molecule has 1 aliphatic heterocycles. The summed E-state index contributed by atoms with van der Waals surface area (Å²) in [5, 5.41) is 6.18. The maximum atomic E-state index is 13.3. The minimum absolute atomic E-state index is 0.0335. The summed E-state index contributed by atoms with van der Waals surface area (Å²) in [5.74, 6) is -0.882. The highest BCUT2D eigenvalue weighted by Gasteiger charge is 2.21. The first-order chi connectivity index (χ1) is 14.6. The van der Waals surface area contributed by atoms with Crippen LogP contribution < -0.4 is 15.5 Å². The Morgan fingerprint density at radius 1 is 1.10 bits per heavy atom. The lowest BCUT2D eigenvalue weighted by atomic mass is 10.0. The lowest BCUT2D eigenvalue weighted by Gasteiger charge is -2.34. The summed E-state index contributed by atoms with van der Waals surface area (Å²) in [7, 11) is 0. The van der Waals surface area contributed by atoms with E-state index in [-0.39, 0.29) is 18.5 Å². The van der Waals surface area contributed by atoms with E-state index in [2.05, 4.69) is 32.7 Å². The van der Waals surface area contributed by atoms with Gasteiger partial charge in [0.15, 0.2) is 0 Å². The quantitative estimate of drug-likeness (QED) is 0.679. The van der Waals surface area contributed by atoms with Crippen LogP contribution in [-0.2, 0) is 6.54 Å². The fourth-order valence-corrected chi connectivity index (χ4v) is 3.57. The summed E-state index contributed by atoms with van der Waals surface area (Å²) in [5.41, 5.74) is 1.98. The summed E-state index contributed by atoms with van der Waals surface area (Å²) < 4.78 is 26.5. The number of hydrogen-bond donors (Lipinski definition) is 2. The van der Waals surface area contributed by atoms with Gasteiger partial charge in [0.2, 0.25) is 0 Å². The fraction of sp³-hybridized carbons (Fsp3) is 0.217. The highest BCUT2D eigenvalue weighted by atomic mass is 19.1. The number of piperazine rings is 1. The highest BCUT2D eigenvalue weighted by molar-refractivity contribution is 5.94. The van der Waals surface area contributed by atoms with E-state index in [0.29, 0.717) is 11.1 Å². The highest BCUT2D eigenvalue weighted by Crippen LogP contribution is 2.21. The van der Waals surface area contributed by atoms with Crippen LogP contribution >= 0.6 is 0 Å². The summed E-state index contributed by atoms with van der Waals surface area (Å²) in [6, 6.07) is 17.2. The normalized spacial score (nSPS) is 16.3. The molecule has 2 N–H and O–H groups in total. The van der Waals surface area contributed by atoms with E-state index in [1.54, 1.807) is 6.07 Å². The van der Waals surface area contributed by atoms with Gasteiger partial charge in [0, 0.05) is 44.5 Å². The second-order valence-electron chi connectivity index (χ2n) is 7.23. The van der Waals surface area contributed by atoms with Gasteiger partial charge in [-0.15, -0.1) is 0 Å². The first kappa shape index (κ1) is 20.0. The molecule has 30 heavy (non-hydrogen) atoms. The van der Waals surface area contributed by atoms with Crippen LogP contribution in [0.3, 0.4) is 0 Å². The molecule has 0 bridgehead atoms. The van der Waals surface area contributed by atoms with Gasteiger partial charge < -0.3 is 15.5 Å². The van der Waals surface area contributed by atoms with Crippen LogP contribution in [0, 0.1) is 11.6 Å². The predicted octanol–water partition coefficient (Wildman–Crippen LogP) is 3.44. The third-order valence-electron chi connectivity index (χ3n) is 5.09. The average Bonchev–Trinajstić information content (AvgIpc) is 2.78. The van der Waals surface area contributed by atoms with Crippen LogP contribution in [-0.4, -0.2) is 30.5 Å². The van der Waals surface area contributed by atoms with E-state index in [1.807, 2.05) is 24.3 Å². The monoisotopic (exact) mass is 408 g/mol. The minimum atomic E-state index is -0.671. The number of benzene rings is 2.